The summed E-state index contributed by atoms with van der Waals surface area (Å²) in [4.78, 5) is 12.2. The monoisotopic (exact) mass is 404 g/mol. The maximum Gasteiger partial charge on any atom is 0.342 e. The van der Waals surface area contributed by atoms with Crippen LogP contribution in [-0.4, -0.2) is 11.1 Å². The summed E-state index contributed by atoms with van der Waals surface area (Å²) in [6.07, 6.45) is 6.75. The summed E-state index contributed by atoms with van der Waals surface area (Å²) in [5.41, 5.74) is 3.84. The first-order chi connectivity index (χ1) is 12.1. The number of hydrogen-bond donors (Lipinski definition) is 1. The second-order valence-electron chi connectivity index (χ2n) is 6.46. The van der Waals surface area contributed by atoms with Crippen LogP contribution in [-0.2, 0) is 43.7 Å². The maximum absolute atomic E-state index is 12.2. The number of rotatable bonds is 9. The molecule has 2 rings (SSSR count). The number of ether oxygens (including phenoxy) is 1. The molecule has 0 aliphatic heterocycles. The summed E-state index contributed by atoms with van der Waals surface area (Å²) in [6, 6.07) is 13.0. The molecule has 136 valence electrons. The molecule has 0 saturated heterocycles. The number of benzene rings is 2. The number of phenols is 1. The number of unbranched alkanes of at least 4 members (excludes halogenated alkanes) is 2. The third kappa shape index (κ3) is 6.92. The number of aryl methyl sites for hydroxylation is 2. The summed E-state index contributed by atoms with van der Waals surface area (Å²) in [5, 5.41) is 9.76. The fourth-order valence-electron chi connectivity index (χ4n) is 2.85. The van der Waals surface area contributed by atoms with Gasteiger partial charge in [-0.05, 0) is 54.5 Å². The van der Waals surface area contributed by atoms with Crippen LogP contribution in [0.1, 0.15) is 66.6 Å². The van der Waals surface area contributed by atoms with E-state index in [1.54, 1.807) is 18.2 Å². The Morgan fingerprint density at radius 1 is 0.923 bits per heavy atom. The standard InChI is InChI=1S/C22H28O3.Zn/c1-3-5-9-17-13-18(10-6-4-2)15-19(14-17)16-25-22(24)20-11-7-8-12-21(20)23;/h7-8,11-15,23H,3-6,9-10,16H2,1-2H3;. The van der Waals surface area contributed by atoms with Gasteiger partial charge in [0.05, 0.1) is 0 Å². The number of carbonyl (C=O) groups is 1. The van der Waals surface area contributed by atoms with E-state index in [0.29, 0.717) is 0 Å². The molecule has 0 fully saturated rings. The molecular formula is C22H28O3Zn. The zero-order valence-corrected chi connectivity index (χ0v) is 18.9. The Morgan fingerprint density at radius 2 is 1.46 bits per heavy atom. The van der Waals surface area contributed by atoms with Crippen molar-refractivity contribution in [3.63, 3.8) is 0 Å². The fourth-order valence-corrected chi connectivity index (χ4v) is 2.85. The van der Waals surface area contributed by atoms with Gasteiger partial charge in [0.15, 0.2) is 0 Å². The molecule has 0 atom stereocenters. The van der Waals surface area contributed by atoms with E-state index in [0.717, 1.165) is 44.1 Å². The minimum atomic E-state index is -0.493. The number of carbonyl (C=O) groups excluding carboxylic acids is 1. The molecule has 2 aromatic carbocycles. The van der Waals surface area contributed by atoms with E-state index in [1.807, 2.05) is 0 Å². The molecule has 0 aliphatic carbocycles. The van der Waals surface area contributed by atoms with E-state index < -0.39 is 5.97 Å². The molecule has 0 spiro atoms. The minimum absolute atomic E-state index is 0. The van der Waals surface area contributed by atoms with Gasteiger partial charge in [-0.15, -0.1) is 0 Å². The molecule has 0 radical (unpaired) electrons. The van der Waals surface area contributed by atoms with Crippen LogP contribution in [0.3, 0.4) is 0 Å². The Hall–Kier alpha value is -1.67. The minimum Gasteiger partial charge on any atom is -0.507 e. The van der Waals surface area contributed by atoms with E-state index in [4.69, 9.17) is 4.74 Å². The van der Waals surface area contributed by atoms with Crippen molar-refractivity contribution in [1.82, 2.24) is 0 Å². The Kier molecular flexibility index (Phi) is 10.2. The average Bonchev–Trinajstić information content (AvgIpc) is 2.63. The second-order valence-corrected chi connectivity index (χ2v) is 6.46. The zero-order valence-electron chi connectivity index (χ0n) is 16.0. The van der Waals surface area contributed by atoms with Gasteiger partial charge in [-0.25, -0.2) is 4.79 Å². The molecule has 0 aliphatic rings. The van der Waals surface area contributed by atoms with Gasteiger partial charge in [-0.3, -0.25) is 0 Å². The van der Waals surface area contributed by atoms with Crippen LogP contribution in [0.2, 0.25) is 0 Å². The van der Waals surface area contributed by atoms with Gasteiger partial charge in [-0.1, -0.05) is 57.0 Å². The van der Waals surface area contributed by atoms with E-state index in [1.165, 1.54) is 17.2 Å². The largest absolute Gasteiger partial charge is 0.507 e. The van der Waals surface area contributed by atoms with Gasteiger partial charge in [0.2, 0.25) is 0 Å². The molecule has 0 aromatic heterocycles. The van der Waals surface area contributed by atoms with Crippen molar-refractivity contribution in [3.05, 3.63) is 64.7 Å². The van der Waals surface area contributed by atoms with Gasteiger partial charge >= 0.3 is 5.97 Å². The van der Waals surface area contributed by atoms with Crippen LogP contribution in [0.15, 0.2) is 42.5 Å². The van der Waals surface area contributed by atoms with Crippen LogP contribution in [0, 0.1) is 0 Å². The smallest absolute Gasteiger partial charge is 0.342 e. The van der Waals surface area contributed by atoms with E-state index in [2.05, 4.69) is 32.0 Å². The van der Waals surface area contributed by atoms with Crippen molar-refractivity contribution >= 4 is 5.97 Å². The molecule has 26 heavy (non-hydrogen) atoms. The van der Waals surface area contributed by atoms with E-state index in [9.17, 15) is 9.90 Å². The quantitative estimate of drug-likeness (QED) is 0.447. The fraction of sp³-hybridized carbons (Fsp3) is 0.409. The van der Waals surface area contributed by atoms with Gasteiger partial charge < -0.3 is 9.84 Å². The molecule has 0 amide bonds. The molecule has 0 heterocycles. The van der Waals surface area contributed by atoms with Crippen LogP contribution < -0.4 is 0 Å². The van der Waals surface area contributed by atoms with Crippen LogP contribution >= 0.6 is 0 Å². The number of aromatic hydroxyl groups is 1. The average molecular weight is 406 g/mol. The molecule has 0 bridgehead atoms. The SMILES string of the molecule is CCCCc1cc(CCCC)cc(COC(=O)c2ccccc2O)c1.[Zn]. The summed E-state index contributed by atoms with van der Waals surface area (Å²) < 4.78 is 5.41. The summed E-state index contributed by atoms with van der Waals surface area (Å²) in [6.45, 7) is 4.61. The van der Waals surface area contributed by atoms with Gasteiger partial charge in [0.25, 0.3) is 0 Å². The topological polar surface area (TPSA) is 46.5 Å². The summed E-state index contributed by atoms with van der Waals surface area (Å²) in [5.74, 6) is -0.542. The Morgan fingerprint density at radius 3 is 2.00 bits per heavy atom. The molecule has 3 nitrogen and oxygen atoms in total. The van der Waals surface area contributed by atoms with Crippen molar-refractivity contribution in [1.29, 1.82) is 0 Å². The molecule has 0 saturated carbocycles. The van der Waals surface area contributed by atoms with Crippen molar-refractivity contribution in [2.75, 3.05) is 0 Å². The number of hydrogen-bond acceptors (Lipinski definition) is 3. The third-order valence-corrected chi connectivity index (χ3v) is 4.24. The first-order valence-corrected chi connectivity index (χ1v) is 9.20. The normalized spacial score (nSPS) is 10.2. The first-order valence-electron chi connectivity index (χ1n) is 9.20. The second kappa shape index (κ2) is 11.9. The van der Waals surface area contributed by atoms with Crippen LogP contribution in [0.25, 0.3) is 0 Å². The molecular weight excluding hydrogens is 378 g/mol. The van der Waals surface area contributed by atoms with Crippen molar-refractivity contribution in [2.45, 2.75) is 59.0 Å². The van der Waals surface area contributed by atoms with Crippen molar-refractivity contribution < 1.29 is 34.1 Å². The third-order valence-electron chi connectivity index (χ3n) is 4.24. The molecule has 2 aromatic rings. The predicted octanol–water partition coefficient (Wildman–Crippen LogP) is 5.43. The number of esters is 1. The van der Waals surface area contributed by atoms with E-state index >= 15 is 0 Å². The molecule has 0 unspecified atom stereocenters. The Bertz CT molecular complexity index is 671. The van der Waals surface area contributed by atoms with Crippen LogP contribution in [0.5, 0.6) is 5.75 Å². The number of phenolic OH excluding ortho intramolecular Hbond substituents is 1. The predicted molar refractivity (Wildman–Crippen MR) is 101 cm³/mol. The van der Waals surface area contributed by atoms with Crippen molar-refractivity contribution in [2.24, 2.45) is 0 Å². The van der Waals surface area contributed by atoms with Gasteiger partial charge in [0.1, 0.15) is 17.9 Å². The van der Waals surface area contributed by atoms with Gasteiger partial charge in [-0.2, -0.15) is 0 Å². The Labute approximate surface area is 169 Å². The van der Waals surface area contributed by atoms with E-state index in [-0.39, 0.29) is 37.4 Å². The van der Waals surface area contributed by atoms with Crippen LogP contribution in [0.4, 0.5) is 0 Å². The molecule has 1 N–H and O–H groups in total. The molecule has 4 heteroatoms. The maximum atomic E-state index is 12.2. The zero-order chi connectivity index (χ0) is 18.1. The first kappa shape index (κ1) is 22.4. The van der Waals surface area contributed by atoms with Crippen molar-refractivity contribution in [3.8, 4) is 5.75 Å². The Balaban J connectivity index is 0.00000338. The number of para-hydroxylation sites is 1. The summed E-state index contributed by atoms with van der Waals surface area (Å²) >= 11 is 0. The van der Waals surface area contributed by atoms with Gasteiger partial charge in [0, 0.05) is 19.5 Å². The summed E-state index contributed by atoms with van der Waals surface area (Å²) in [7, 11) is 0.